The number of nitrogens with one attached hydrogen (secondary N) is 1. The summed E-state index contributed by atoms with van der Waals surface area (Å²) in [5.74, 6) is 0.504. The maximum absolute atomic E-state index is 10.4. The van der Waals surface area contributed by atoms with E-state index in [9.17, 15) is 4.79 Å². The second-order valence-electron chi connectivity index (χ2n) is 6.34. The second-order valence-corrected chi connectivity index (χ2v) is 6.34. The van der Waals surface area contributed by atoms with Crippen molar-refractivity contribution in [1.29, 1.82) is 0 Å². The minimum absolute atomic E-state index is 0.504. The summed E-state index contributed by atoms with van der Waals surface area (Å²) in [6.07, 6.45) is 7.07. The minimum atomic E-state index is 0.504. The number of hydrogen-bond donors (Lipinski definition) is 1. The van der Waals surface area contributed by atoms with Gasteiger partial charge in [-0.2, -0.15) is 4.98 Å². The van der Waals surface area contributed by atoms with Crippen molar-refractivity contribution in [2.24, 2.45) is 0 Å². The average Bonchev–Trinajstić information content (AvgIpc) is 3.34. The Bertz CT molecular complexity index is 1040. The molecule has 0 atom stereocenters. The molecule has 29 heavy (non-hydrogen) atoms. The van der Waals surface area contributed by atoms with Crippen LogP contribution in [0.5, 0.6) is 0 Å². The Hall–Kier alpha value is -3.52. The van der Waals surface area contributed by atoms with Crippen LogP contribution in [0.25, 0.3) is 17.0 Å². The second kappa shape index (κ2) is 10.1. The molecule has 8 nitrogen and oxygen atoms in total. The number of hydrogen-bond acceptors (Lipinski definition) is 6. The van der Waals surface area contributed by atoms with Gasteiger partial charge in [-0.15, -0.1) is 0 Å². The Morgan fingerprint density at radius 3 is 2.55 bits per heavy atom. The van der Waals surface area contributed by atoms with Crippen LogP contribution in [0.3, 0.4) is 0 Å². The third-order valence-electron chi connectivity index (χ3n) is 4.25. The molecule has 8 heteroatoms. The van der Waals surface area contributed by atoms with Gasteiger partial charge >= 0.3 is 0 Å². The normalized spacial score (nSPS) is 12.1. The average molecular weight is 393 g/mol. The topological polar surface area (TPSA) is 94.5 Å². The molecule has 0 radical (unpaired) electrons. The smallest absolute Gasteiger partial charge is 0.214 e. The van der Waals surface area contributed by atoms with Crippen molar-refractivity contribution < 1.29 is 14.1 Å². The highest BCUT2D eigenvalue weighted by atomic mass is 16.5. The van der Waals surface area contributed by atoms with E-state index in [1.165, 1.54) is 18.5 Å². The molecular formula is C21H23N5O3. The van der Waals surface area contributed by atoms with Crippen molar-refractivity contribution in [3.63, 3.8) is 0 Å². The zero-order valence-corrected chi connectivity index (χ0v) is 16.4. The van der Waals surface area contributed by atoms with Crippen LogP contribution < -0.4 is 5.32 Å². The fraction of sp³-hybridized carbons (Fsp3) is 0.238. The van der Waals surface area contributed by atoms with Gasteiger partial charge in [0.05, 0.1) is 0 Å². The zero-order valence-electron chi connectivity index (χ0n) is 16.4. The maximum Gasteiger partial charge on any atom is 0.214 e. The third kappa shape index (κ3) is 5.49. The highest BCUT2D eigenvalue weighted by Crippen LogP contribution is 2.22. The summed E-state index contributed by atoms with van der Waals surface area (Å²) in [4.78, 5) is 18.5. The summed E-state index contributed by atoms with van der Waals surface area (Å²) in [6.45, 7) is 5.95. The first-order valence-electron chi connectivity index (χ1n) is 9.23. The molecular weight excluding hydrogens is 370 g/mol. The molecule has 5 rings (SSSR count). The van der Waals surface area contributed by atoms with E-state index in [1.807, 2.05) is 56.6 Å². The molecule has 1 amide bonds. The standard InChI is InChI=1S/C10H9N3O2.C8H8N2.C3H6O/c1-7-2-3-8(4-9(7)11-5-14)10-12-6-15-13-10;1-7-6-9-8-4-2-3-5-10(7)8;1-2-4-3-1/h2-6H,1H3,(H,11,14);2-6H,1H3;1-3H2. The van der Waals surface area contributed by atoms with Crippen molar-refractivity contribution in [1.82, 2.24) is 19.5 Å². The minimum Gasteiger partial charge on any atom is -0.381 e. The van der Waals surface area contributed by atoms with Gasteiger partial charge in [0.1, 0.15) is 5.65 Å². The number of ether oxygens (including phenoxy) is 1. The molecule has 3 aromatic heterocycles. The summed E-state index contributed by atoms with van der Waals surface area (Å²) in [6, 6.07) is 11.5. The fourth-order valence-electron chi connectivity index (χ4n) is 2.48. The van der Waals surface area contributed by atoms with Gasteiger partial charge in [0, 0.05) is 42.6 Å². The first kappa shape index (κ1) is 20.2. The van der Waals surface area contributed by atoms with Crippen molar-refractivity contribution >= 4 is 17.7 Å². The molecule has 0 aliphatic carbocycles. The monoisotopic (exact) mass is 393 g/mol. The van der Waals surface area contributed by atoms with Crippen LogP contribution in [0.1, 0.15) is 17.7 Å². The van der Waals surface area contributed by atoms with Crippen LogP contribution in [0.2, 0.25) is 0 Å². The molecule has 1 saturated heterocycles. The van der Waals surface area contributed by atoms with Crippen molar-refractivity contribution in [2.45, 2.75) is 20.3 Å². The highest BCUT2D eigenvalue weighted by molar-refractivity contribution is 5.76. The first-order chi connectivity index (χ1) is 14.2. The van der Waals surface area contributed by atoms with Crippen LogP contribution in [0.15, 0.2) is 59.7 Å². The summed E-state index contributed by atoms with van der Waals surface area (Å²) < 4.78 is 11.4. The van der Waals surface area contributed by atoms with E-state index in [2.05, 4.69) is 29.4 Å². The van der Waals surface area contributed by atoms with Gasteiger partial charge in [-0.1, -0.05) is 23.4 Å². The Kier molecular flexibility index (Phi) is 7.07. The predicted molar refractivity (Wildman–Crippen MR) is 110 cm³/mol. The quantitative estimate of drug-likeness (QED) is 0.534. The van der Waals surface area contributed by atoms with Crippen LogP contribution in [0, 0.1) is 13.8 Å². The first-order valence-corrected chi connectivity index (χ1v) is 9.23. The molecule has 150 valence electrons. The number of rotatable bonds is 3. The zero-order chi connectivity index (χ0) is 20.5. The summed E-state index contributed by atoms with van der Waals surface area (Å²) in [7, 11) is 0. The lowest BCUT2D eigenvalue weighted by molar-refractivity contribution is -0.105. The van der Waals surface area contributed by atoms with Gasteiger partial charge in [-0.3, -0.25) is 4.79 Å². The van der Waals surface area contributed by atoms with Gasteiger partial charge in [0.25, 0.3) is 0 Å². The van der Waals surface area contributed by atoms with Crippen molar-refractivity contribution in [3.05, 3.63) is 66.4 Å². The van der Waals surface area contributed by atoms with Gasteiger partial charge < -0.3 is 19.0 Å². The van der Waals surface area contributed by atoms with E-state index >= 15 is 0 Å². The molecule has 1 fully saturated rings. The number of pyridine rings is 1. The maximum atomic E-state index is 10.4. The van der Waals surface area contributed by atoms with E-state index in [-0.39, 0.29) is 0 Å². The number of aryl methyl sites for hydroxylation is 2. The molecule has 1 N–H and O–H groups in total. The molecule has 0 bridgehead atoms. The summed E-state index contributed by atoms with van der Waals surface area (Å²) >= 11 is 0. The lowest BCUT2D eigenvalue weighted by Gasteiger charge is -2.09. The van der Waals surface area contributed by atoms with E-state index in [0.29, 0.717) is 12.2 Å². The molecule has 4 aromatic rings. The molecule has 4 heterocycles. The van der Waals surface area contributed by atoms with Crippen LogP contribution >= 0.6 is 0 Å². The van der Waals surface area contributed by atoms with Crippen LogP contribution in [-0.2, 0) is 9.53 Å². The van der Waals surface area contributed by atoms with Crippen molar-refractivity contribution in [3.8, 4) is 11.4 Å². The molecule has 0 unspecified atom stereocenters. The van der Waals surface area contributed by atoms with Crippen molar-refractivity contribution in [2.75, 3.05) is 18.5 Å². The summed E-state index contributed by atoms with van der Waals surface area (Å²) in [5, 5.41) is 6.33. The van der Waals surface area contributed by atoms with Gasteiger partial charge in [-0.25, -0.2) is 4.98 Å². The predicted octanol–water partition coefficient (Wildman–Crippen LogP) is 3.66. The number of carbonyl (C=O) groups is 1. The number of carbonyl (C=O) groups excluding carboxylic acids is 1. The largest absolute Gasteiger partial charge is 0.381 e. The molecule has 0 saturated carbocycles. The van der Waals surface area contributed by atoms with Crippen LogP contribution in [-0.4, -0.2) is 39.1 Å². The molecule has 1 aliphatic rings. The van der Waals surface area contributed by atoms with E-state index in [0.717, 1.165) is 35.7 Å². The van der Waals surface area contributed by atoms with Gasteiger partial charge in [-0.05, 0) is 44.0 Å². The van der Waals surface area contributed by atoms with Gasteiger partial charge in [0.15, 0.2) is 0 Å². The van der Waals surface area contributed by atoms with E-state index < -0.39 is 0 Å². The Labute approximate surface area is 168 Å². The fourth-order valence-corrected chi connectivity index (χ4v) is 2.48. The lowest BCUT2D eigenvalue weighted by Crippen LogP contribution is -2.09. The Morgan fingerprint density at radius 2 is 1.93 bits per heavy atom. The number of aromatic nitrogens is 4. The van der Waals surface area contributed by atoms with E-state index in [1.54, 1.807) is 6.07 Å². The van der Waals surface area contributed by atoms with E-state index in [4.69, 9.17) is 4.74 Å². The van der Waals surface area contributed by atoms with Crippen LogP contribution in [0.4, 0.5) is 5.69 Å². The number of benzene rings is 1. The SMILES string of the molecule is C1COC1.Cc1ccc(-c2ncon2)cc1NC=O.Cc1cnc2ccccn12. The number of nitrogens with zero attached hydrogens (tertiary/aromatic N) is 4. The molecule has 1 aromatic carbocycles. The lowest BCUT2D eigenvalue weighted by atomic mass is 10.1. The third-order valence-corrected chi connectivity index (χ3v) is 4.25. The Balaban J connectivity index is 0.000000146. The number of anilines is 1. The number of amides is 1. The van der Waals surface area contributed by atoms with Gasteiger partial charge in [0.2, 0.25) is 18.6 Å². The highest BCUT2D eigenvalue weighted by Gasteiger charge is 2.05. The number of imidazole rings is 1. The molecule has 1 aliphatic heterocycles. The number of fused-ring (bicyclic) bond motifs is 1. The molecule has 0 spiro atoms. The summed E-state index contributed by atoms with van der Waals surface area (Å²) in [5.41, 5.74) is 4.72. The Morgan fingerprint density at radius 1 is 1.14 bits per heavy atom.